The van der Waals surface area contributed by atoms with Crippen molar-refractivity contribution < 1.29 is 5.48 Å². The summed E-state index contributed by atoms with van der Waals surface area (Å²) < 4.78 is 0. The third kappa shape index (κ3) is 4.24. The minimum Gasteiger partial charge on any atom is -0.630 e. The highest BCUT2D eigenvalue weighted by Crippen LogP contribution is 2.24. The van der Waals surface area contributed by atoms with Crippen LogP contribution in [0.15, 0.2) is 54.2 Å². The molecule has 0 spiro atoms. The van der Waals surface area contributed by atoms with E-state index in [2.05, 4.69) is 27.8 Å². The van der Waals surface area contributed by atoms with Crippen molar-refractivity contribution in [2.24, 2.45) is 0 Å². The molecule has 5 heteroatoms. The Kier molecular flexibility index (Phi) is 5.43. The first kappa shape index (κ1) is 16.7. The Balaban J connectivity index is 1.64. The van der Waals surface area contributed by atoms with Crippen molar-refractivity contribution in [3.63, 3.8) is 0 Å². The van der Waals surface area contributed by atoms with Gasteiger partial charge in [-0.3, -0.25) is 0 Å². The molecule has 0 aliphatic carbocycles. The number of nitrogens with zero attached hydrogens (tertiary/aromatic N) is 3. The largest absolute Gasteiger partial charge is 0.630 e. The monoisotopic (exact) mass is 330 g/mol. The lowest BCUT2D eigenvalue weighted by atomic mass is 10.0. The molecule has 0 bridgehead atoms. The molecule has 1 fully saturated rings. The highest BCUT2D eigenvalue weighted by atomic mass is 16.5. The second-order valence-corrected chi connectivity index (χ2v) is 5.79. The lowest BCUT2D eigenvalue weighted by Gasteiger charge is -2.29. The minimum absolute atomic E-state index is 0.620. The van der Waals surface area contributed by atoms with Crippen LogP contribution >= 0.6 is 0 Å². The summed E-state index contributed by atoms with van der Waals surface area (Å²) in [5.74, 6) is 6.93. The lowest BCUT2D eigenvalue weighted by molar-refractivity contribution is -0.496. The predicted octanol–water partition coefficient (Wildman–Crippen LogP) is 2.22. The van der Waals surface area contributed by atoms with E-state index in [1.165, 1.54) is 5.57 Å². The first-order valence-electron chi connectivity index (χ1n) is 8.15. The SMILES string of the molecule is N#Cc1cccc(C#CC=C2CCN(c3ncccc3[NH2+][O-])CC2)c1. The van der Waals surface area contributed by atoms with Gasteiger partial charge in [-0.1, -0.05) is 23.5 Å². The molecule has 1 aromatic carbocycles. The van der Waals surface area contributed by atoms with Gasteiger partial charge in [-0.25, -0.2) is 4.98 Å². The highest BCUT2D eigenvalue weighted by molar-refractivity contribution is 5.57. The van der Waals surface area contributed by atoms with Gasteiger partial charge in [0.2, 0.25) is 0 Å². The van der Waals surface area contributed by atoms with E-state index >= 15 is 0 Å². The quantitative estimate of drug-likeness (QED) is 0.676. The molecule has 1 saturated heterocycles. The number of quaternary nitrogens is 1. The van der Waals surface area contributed by atoms with Gasteiger partial charge in [0.1, 0.15) is 0 Å². The van der Waals surface area contributed by atoms with Gasteiger partial charge in [0.15, 0.2) is 11.5 Å². The van der Waals surface area contributed by atoms with Crippen LogP contribution in [0, 0.1) is 28.4 Å². The van der Waals surface area contributed by atoms with Crippen LogP contribution in [0.1, 0.15) is 24.0 Å². The molecule has 2 N–H and O–H groups in total. The zero-order chi connectivity index (χ0) is 17.5. The molecule has 0 unspecified atom stereocenters. The van der Waals surface area contributed by atoms with Gasteiger partial charge in [-0.2, -0.15) is 5.26 Å². The predicted molar refractivity (Wildman–Crippen MR) is 96.8 cm³/mol. The van der Waals surface area contributed by atoms with Crippen molar-refractivity contribution in [2.75, 3.05) is 18.0 Å². The maximum atomic E-state index is 11.1. The maximum Gasteiger partial charge on any atom is 0.191 e. The number of rotatable bonds is 2. The first-order chi connectivity index (χ1) is 12.3. The molecule has 3 rings (SSSR count). The molecule has 25 heavy (non-hydrogen) atoms. The molecule has 1 aliphatic rings. The van der Waals surface area contributed by atoms with E-state index in [9.17, 15) is 5.21 Å². The number of benzene rings is 1. The van der Waals surface area contributed by atoms with Gasteiger partial charge in [0, 0.05) is 30.9 Å². The molecular weight excluding hydrogens is 312 g/mol. The third-order valence-corrected chi connectivity index (χ3v) is 4.13. The summed E-state index contributed by atoms with van der Waals surface area (Å²) in [4.78, 5) is 6.48. The van der Waals surface area contributed by atoms with E-state index in [1.54, 1.807) is 30.5 Å². The van der Waals surface area contributed by atoms with Crippen LogP contribution < -0.4 is 10.4 Å². The maximum absolute atomic E-state index is 11.1. The molecule has 0 amide bonds. The van der Waals surface area contributed by atoms with E-state index in [-0.39, 0.29) is 0 Å². The van der Waals surface area contributed by atoms with Gasteiger partial charge in [0.25, 0.3) is 0 Å². The van der Waals surface area contributed by atoms with Gasteiger partial charge < -0.3 is 15.6 Å². The number of hydrogen-bond acceptors (Lipinski definition) is 4. The molecule has 0 radical (unpaired) electrons. The number of nitrogens with two attached hydrogens (primary N) is 1. The van der Waals surface area contributed by atoms with Gasteiger partial charge in [-0.05, 0) is 43.2 Å². The number of pyridine rings is 1. The molecular formula is C20H18N4O. The fourth-order valence-electron chi connectivity index (χ4n) is 2.80. The lowest BCUT2D eigenvalue weighted by Crippen LogP contribution is -2.70. The van der Waals surface area contributed by atoms with Crippen LogP contribution in [0.25, 0.3) is 0 Å². The van der Waals surface area contributed by atoms with Crippen LogP contribution in [0.5, 0.6) is 0 Å². The van der Waals surface area contributed by atoms with Gasteiger partial charge in [0.05, 0.1) is 11.6 Å². The highest BCUT2D eigenvalue weighted by Gasteiger charge is 2.18. The van der Waals surface area contributed by atoms with E-state index < -0.39 is 0 Å². The Morgan fingerprint density at radius 3 is 2.72 bits per heavy atom. The number of allylic oxidation sites excluding steroid dienone is 1. The second kappa shape index (κ2) is 8.12. The van der Waals surface area contributed by atoms with Gasteiger partial charge in [-0.15, -0.1) is 0 Å². The van der Waals surface area contributed by atoms with E-state index in [1.807, 2.05) is 18.2 Å². The summed E-state index contributed by atoms with van der Waals surface area (Å²) in [7, 11) is 0. The fraction of sp³-hybridized carbons (Fsp3) is 0.200. The van der Waals surface area contributed by atoms with Crippen LogP contribution in [-0.4, -0.2) is 18.1 Å². The molecule has 0 saturated carbocycles. The fourth-order valence-corrected chi connectivity index (χ4v) is 2.80. The number of piperidine rings is 1. The average Bonchev–Trinajstić information content (AvgIpc) is 2.68. The number of nitriles is 1. The molecule has 2 aromatic rings. The second-order valence-electron chi connectivity index (χ2n) is 5.79. The van der Waals surface area contributed by atoms with E-state index in [0.29, 0.717) is 11.3 Å². The standard InChI is InChI=1S/C20H18N4O/c21-15-18-7-2-6-17(14-18)5-1-4-16-9-12-24(13-10-16)20-19(23-25)8-3-11-22-20/h2-4,6-8,11,14H,9-10,12-13,23H2. The molecule has 1 aromatic heterocycles. The zero-order valence-corrected chi connectivity index (χ0v) is 13.8. The molecule has 1 aliphatic heterocycles. The van der Waals surface area contributed by atoms with Crippen molar-refractivity contribution in [3.05, 3.63) is 70.6 Å². The molecule has 0 atom stereocenters. The van der Waals surface area contributed by atoms with Gasteiger partial charge >= 0.3 is 0 Å². The normalized spacial score (nSPS) is 13.6. The molecule has 124 valence electrons. The topological polar surface area (TPSA) is 79.6 Å². The van der Waals surface area contributed by atoms with Crippen LogP contribution in [0.2, 0.25) is 0 Å². The summed E-state index contributed by atoms with van der Waals surface area (Å²) >= 11 is 0. The number of hydrogen-bond donors (Lipinski definition) is 1. The van der Waals surface area contributed by atoms with Crippen LogP contribution in [0.3, 0.4) is 0 Å². The summed E-state index contributed by atoms with van der Waals surface area (Å²) in [6, 6.07) is 13.0. The van der Waals surface area contributed by atoms with Crippen molar-refractivity contribution in [2.45, 2.75) is 12.8 Å². The van der Waals surface area contributed by atoms with E-state index in [0.717, 1.165) is 42.8 Å². The van der Waals surface area contributed by atoms with Crippen LogP contribution in [0.4, 0.5) is 11.5 Å². The number of aromatic nitrogens is 1. The first-order valence-corrected chi connectivity index (χ1v) is 8.15. The Morgan fingerprint density at radius 1 is 1.16 bits per heavy atom. The average molecular weight is 330 g/mol. The summed E-state index contributed by atoms with van der Waals surface area (Å²) in [6.07, 6.45) is 5.49. The summed E-state index contributed by atoms with van der Waals surface area (Å²) in [6.45, 7) is 1.66. The summed E-state index contributed by atoms with van der Waals surface area (Å²) in [5.41, 5.74) is 4.25. The molecule has 2 heterocycles. The van der Waals surface area contributed by atoms with Crippen molar-refractivity contribution in [3.8, 4) is 17.9 Å². The Hall–Kier alpha value is -3.12. The Labute approximate surface area is 147 Å². The third-order valence-electron chi connectivity index (χ3n) is 4.13. The van der Waals surface area contributed by atoms with Crippen LogP contribution in [-0.2, 0) is 0 Å². The number of anilines is 1. The van der Waals surface area contributed by atoms with E-state index in [4.69, 9.17) is 5.26 Å². The summed E-state index contributed by atoms with van der Waals surface area (Å²) in [5, 5.41) is 20.0. The Morgan fingerprint density at radius 2 is 1.96 bits per heavy atom. The zero-order valence-electron chi connectivity index (χ0n) is 13.8. The van der Waals surface area contributed by atoms with Crippen molar-refractivity contribution >= 4 is 11.5 Å². The minimum atomic E-state index is 0.620. The Bertz CT molecular complexity index is 876. The van der Waals surface area contributed by atoms with Crippen molar-refractivity contribution in [1.29, 1.82) is 5.26 Å². The molecule has 5 nitrogen and oxygen atoms in total. The van der Waals surface area contributed by atoms with Crippen molar-refractivity contribution in [1.82, 2.24) is 4.98 Å². The smallest absolute Gasteiger partial charge is 0.191 e.